The molecule has 3 aromatic rings. The predicted octanol–water partition coefficient (Wildman–Crippen LogP) is 2.28. The van der Waals surface area contributed by atoms with Crippen molar-refractivity contribution in [3.05, 3.63) is 70.3 Å². The van der Waals surface area contributed by atoms with Crippen molar-refractivity contribution in [2.75, 3.05) is 4.90 Å². The number of carbonyl (C=O) groups excluding carboxylic acids is 3. The molecule has 6 rings (SSSR count). The number of hydrogen-bond donors (Lipinski definition) is 1. The highest BCUT2D eigenvalue weighted by Crippen LogP contribution is 2.54. The van der Waals surface area contributed by atoms with Gasteiger partial charge in [-0.05, 0) is 25.1 Å². The minimum absolute atomic E-state index is 0.0605. The molecule has 178 valence electrons. The summed E-state index contributed by atoms with van der Waals surface area (Å²) in [6.07, 6.45) is -0.528. The van der Waals surface area contributed by atoms with Crippen molar-refractivity contribution in [2.24, 2.45) is 5.92 Å². The van der Waals surface area contributed by atoms with Crippen LogP contribution in [-0.4, -0.2) is 39.4 Å². The van der Waals surface area contributed by atoms with Gasteiger partial charge in [-0.15, -0.1) is 0 Å². The number of anilines is 1. The van der Waals surface area contributed by atoms with Gasteiger partial charge in [0.1, 0.15) is 12.2 Å². The van der Waals surface area contributed by atoms with E-state index in [1.165, 1.54) is 4.57 Å². The van der Waals surface area contributed by atoms with E-state index in [4.69, 9.17) is 4.74 Å². The van der Waals surface area contributed by atoms with Crippen LogP contribution in [0.2, 0.25) is 0 Å². The second kappa shape index (κ2) is 7.32. The number of hydrogen-bond acceptors (Lipinski definition) is 7. The third-order valence-electron chi connectivity index (χ3n) is 7.25. The number of carbonyl (C=O) groups is 3. The molecule has 3 aliphatic heterocycles. The van der Waals surface area contributed by atoms with E-state index in [9.17, 15) is 19.2 Å². The molecule has 2 saturated heterocycles. The number of para-hydroxylation sites is 2. The highest BCUT2D eigenvalue weighted by molar-refractivity contribution is 6.03. The Morgan fingerprint density at radius 3 is 2.60 bits per heavy atom. The van der Waals surface area contributed by atoms with Crippen LogP contribution in [0.15, 0.2) is 53.3 Å². The summed E-state index contributed by atoms with van der Waals surface area (Å²) in [6, 6.07) is 12.6. The van der Waals surface area contributed by atoms with Gasteiger partial charge in [-0.1, -0.05) is 44.2 Å². The molecular weight excluding hydrogens is 448 g/mol. The van der Waals surface area contributed by atoms with Crippen molar-refractivity contribution in [3.63, 3.8) is 0 Å². The molecule has 3 aliphatic rings. The summed E-state index contributed by atoms with van der Waals surface area (Å²) in [5.41, 5.74) is 0.114. The average Bonchev–Trinajstić information content (AvgIpc) is 3.44. The largest absolute Gasteiger partial charge is 0.449 e. The molecule has 1 N–H and O–H groups in total. The van der Waals surface area contributed by atoms with Gasteiger partial charge in [0.05, 0.1) is 22.6 Å². The highest BCUT2D eigenvalue weighted by atomic mass is 16.6. The molecule has 2 fully saturated rings. The molecule has 1 spiro atoms. The monoisotopic (exact) mass is 472 g/mol. The van der Waals surface area contributed by atoms with E-state index < -0.39 is 41.3 Å². The fourth-order valence-corrected chi connectivity index (χ4v) is 5.56. The molecule has 1 aromatic heterocycles. The number of nitrogens with one attached hydrogen (secondary N) is 1. The quantitative estimate of drug-likeness (QED) is 0.460. The van der Waals surface area contributed by atoms with Crippen molar-refractivity contribution in [1.29, 1.82) is 0 Å². The minimum Gasteiger partial charge on any atom is -0.449 e. The lowest BCUT2D eigenvalue weighted by molar-refractivity contribution is -0.152. The van der Waals surface area contributed by atoms with Gasteiger partial charge in [-0.2, -0.15) is 0 Å². The number of rotatable bonds is 3. The molecule has 4 atom stereocenters. The van der Waals surface area contributed by atoms with Gasteiger partial charge in [0.2, 0.25) is 11.7 Å². The first-order valence-corrected chi connectivity index (χ1v) is 11.7. The van der Waals surface area contributed by atoms with Crippen molar-refractivity contribution in [1.82, 2.24) is 14.9 Å². The molecule has 0 bridgehead atoms. The van der Waals surface area contributed by atoms with Crippen molar-refractivity contribution >= 4 is 34.3 Å². The SMILES string of the molecule is CC(C)C(=O)c1nc2ccccc2c(=O)n1[C@H]1C[C@@]2(OC1=O)c1ccccc1N1C(=O)[C@H](C)N[C@H]12. The third-order valence-corrected chi connectivity index (χ3v) is 7.25. The highest BCUT2D eigenvalue weighted by Gasteiger charge is 2.64. The van der Waals surface area contributed by atoms with Gasteiger partial charge in [0.15, 0.2) is 11.4 Å². The van der Waals surface area contributed by atoms with E-state index >= 15 is 0 Å². The normalized spacial score (nSPS) is 27.1. The Bertz CT molecular complexity index is 1490. The number of amides is 1. The Morgan fingerprint density at radius 1 is 1.11 bits per heavy atom. The molecular formula is C26H24N4O5. The average molecular weight is 473 g/mol. The van der Waals surface area contributed by atoms with Gasteiger partial charge >= 0.3 is 5.97 Å². The summed E-state index contributed by atoms with van der Waals surface area (Å²) in [7, 11) is 0. The molecule has 9 nitrogen and oxygen atoms in total. The van der Waals surface area contributed by atoms with Gasteiger partial charge in [-0.3, -0.25) is 29.2 Å². The number of aromatic nitrogens is 2. The van der Waals surface area contributed by atoms with Crippen LogP contribution in [-0.2, 0) is 19.9 Å². The van der Waals surface area contributed by atoms with Crippen molar-refractivity contribution in [2.45, 2.75) is 51.0 Å². The van der Waals surface area contributed by atoms with Crippen LogP contribution >= 0.6 is 0 Å². The maximum absolute atomic E-state index is 13.7. The zero-order valence-corrected chi connectivity index (χ0v) is 19.5. The molecule has 0 radical (unpaired) electrons. The number of ketones is 1. The summed E-state index contributed by atoms with van der Waals surface area (Å²) < 4.78 is 7.28. The Balaban J connectivity index is 1.55. The lowest BCUT2D eigenvalue weighted by atomic mass is 9.88. The minimum atomic E-state index is -1.19. The first-order chi connectivity index (χ1) is 16.7. The van der Waals surface area contributed by atoms with Crippen LogP contribution in [0.1, 0.15) is 49.4 Å². The van der Waals surface area contributed by atoms with Gasteiger partial charge in [0.25, 0.3) is 5.56 Å². The summed E-state index contributed by atoms with van der Waals surface area (Å²) in [5, 5.41) is 3.58. The molecule has 1 amide bonds. The Hall–Kier alpha value is -3.85. The van der Waals surface area contributed by atoms with Gasteiger partial charge in [0, 0.05) is 17.9 Å². The fourth-order valence-electron chi connectivity index (χ4n) is 5.56. The second-order valence-corrected chi connectivity index (χ2v) is 9.69. The number of esters is 1. The smallest absolute Gasteiger partial charge is 0.330 e. The summed E-state index contributed by atoms with van der Waals surface area (Å²) >= 11 is 0. The second-order valence-electron chi connectivity index (χ2n) is 9.69. The van der Waals surface area contributed by atoms with Crippen LogP contribution in [0.25, 0.3) is 10.9 Å². The first-order valence-electron chi connectivity index (χ1n) is 11.7. The van der Waals surface area contributed by atoms with Crippen LogP contribution in [0.5, 0.6) is 0 Å². The lowest BCUT2D eigenvalue weighted by Crippen LogP contribution is -2.49. The van der Waals surface area contributed by atoms with Crippen molar-refractivity contribution in [3.8, 4) is 0 Å². The first kappa shape index (κ1) is 21.7. The Morgan fingerprint density at radius 2 is 1.83 bits per heavy atom. The van der Waals surface area contributed by atoms with E-state index in [1.54, 1.807) is 49.9 Å². The lowest BCUT2D eigenvalue weighted by Gasteiger charge is -2.30. The van der Waals surface area contributed by atoms with Crippen LogP contribution in [0.4, 0.5) is 5.69 Å². The molecule has 0 unspecified atom stereocenters. The topological polar surface area (TPSA) is 111 Å². The zero-order chi connectivity index (χ0) is 24.6. The van der Waals surface area contributed by atoms with Gasteiger partial charge < -0.3 is 4.74 Å². The van der Waals surface area contributed by atoms with Crippen molar-refractivity contribution < 1.29 is 19.1 Å². The number of benzene rings is 2. The summed E-state index contributed by atoms with van der Waals surface area (Å²) in [6.45, 7) is 5.22. The van der Waals surface area contributed by atoms with Crippen LogP contribution in [0.3, 0.4) is 0 Å². The number of fused-ring (bicyclic) bond motifs is 6. The van der Waals surface area contributed by atoms with E-state index in [0.717, 1.165) is 0 Å². The van der Waals surface area contributed by atoms with Crippen LogP contribution in [0, 0.1) is 5.92 Å². The molecule has 2 aromatic carbocycles. The number of nitrogens with zero attached hydrogens (tertiary/aromatic N) is 3. The molecule has 4 heterocycles. The third kappa shape index (κ3) is 2.81. The summed E-state index contributed by atoms with van der Waals surface area (Å²) in [5.74, 6) is -1.57. The Labute approximate surface area is 200 Å². The number of ether oxygens (including phenoxy) is 1. The van der Waals surface area contributed by atoms with E-state index in [1.807, 2.05) is 24.3 Å². The molecule has 0 aliphatic carbocycles. The van der Waals surface area contributed by atoms with Crippen LogP contribution < -0.4 is 15.8 Å². The van der Waals surface area contributed by atoms with E-state index in [0.29, 0.717) is 22.2 Å². The molecule has 0 saturated carbocycles. The van der Waals surface area contributed by atoms with Gasteiger partial charge in [-0.25, -0.2) is 9.78 Å². The molecule has 9 heteroatoms. The fraction of sp³-hybridized carbons (Fsp3) is 0.346. The maximum atomic E-state index is 13.7. The predicted molar refractivity (Wildman–Crippen MR) is 127 cm³/mol. The van der Waals surface area contributed by atoms with E-state index in [-0.39, 0.29) is 23.9 Å². The molecule has 35 heavy (non-hydrogen) atoms. The maximum Gasteiger partial charge on any atom is 0.330 e. The summed E-state index contributed by atoms with van der Waals surface area (Å²) in [4.78, 5) is 59.4. The standard InChI is InChI=1S/C26H24N4O5/c1-13(2)20(31)21-28-17-10-6-4-8-15(17)23(33)29(21)19-12-26(35-24(19)34)16-9-5-7-11-18(16)30-22(32)14(3)27-25(26)30/h4-11,13-14,19,25,27H,12H2,1-3H3/t14-,19-,25+,26+/m0/s1. The zero-order valence-electron chi connectivity index (χ0n) is 19.5. The Kier molecular flexibility index (Phi) is 4.53. The number of Topliss-reactive ketones (excluding diaryl/α,β-unsaturated/α-hetero) is 1. The van der Waals surface area contributed by atoms with E-state index in [2.05, 4.69) is 10.3 Å².